The molecule has 13 heteroatoms. The lowest BCUT2D eigenvalue weighted by Gasteiger charge is -2.40. The van der Waals surface area contributed by atoms with Crippen LogP contribution < -0.4 is 0 Å². The van der Waals surface area contributed by atoms with Gasteiger partial charge in [-0.05, 0) is 0 Å². The van der Waals surface area contributed by atoms with Gasteiger partial charge in [-0.1, -0.05) is 6.58 Å². The predicted molar refractivity (Wildman–Crippen MR) is 44.7 cm³/mol. The van der Waals surface area contributed by atoms with E-state index in [0.29, 0.717) is 0 Å². The van der Waals surface area contributed by atoms with Gasteiger partial charge in [0.05, 0.1) is 0 Å². The minimum absolute atomic E-state index is 0.429. The molecule has 0 spiro atoms. The summed E-state index contributed by atoms with van der Waals surface area (Å²) >= 11 is 0. The number of rotatable bonds is 1. The average Bonchev–Trinajstić information content (AvgIpc) is 2.15. The van der Waals surface area contributed by atoms with E-state index >= 15 is 0 Å². The fourth-order valence-electron chi connectivity index (χ4n) is 1.04. The summed E-state index contributed by atoms with van der Waals surface area (Å²) in [6.07, 6.45) is -0.429. The highest BCUT2D eigenvalue weighted by Crippen LogP contribution is 2.56. The Bertz CT molecular complexity index is 545. The summed E-state index contributed by atoms with van der Waals surface area (Å²) in [4.78, 5) is 0. The molecule has 0 aromatic rings. The number of hydrogen-bond donors (Lipinski definition) is 0. The zero-order valence-electron chi connectivity index (χ0n) is 7.95. The number of alkyl halides is 6. The highest BCUT2D eigenvalue weighted by atomic mass is 32.3. The van der Waals surface area contributed by atoms with Gasteiger partial charge in [-0.15, -0.1) is 0 Å². The zero-order valence-corrected chi connectivity index (χ0v) is 9.58. The van der Waals surface area contributed by atoms with Gasteiger partial charge in [0.2, 0.25) is 0 Å². The van der Waals surface area contributed by atoms with Gasteiger partial charge in [0.25, 0.3) is 0 Å². The fourth-order valence-corrected chi connectivity index (χ4v) is 4.45. The standard InChI is InChI=1S/C5H3F6NO4S2/c1-2-12-17(13,14)4(8,9)3(6,7)5(10,11)18(12,15)16/h2H,1H2. The zero-order chi connectivity index (χ0) is 14.8. The van der Waals surface area contributed by atoms with Crippen molar-refractivity contribution < 1.29 is 43.2 Å². The molecule has 1 saturated heterocycles. The Morgan fingerprint density at radius 3 is 1.33 bits per heavy atom. The van der Waals surface area contributed by atoms with Crippen molar-refractivity contribution in [1.82, 2.24) is 3.71 Å². The Kier molecular flexibility index (Phi) is 2.78. The topological polar surface area (TPSA) is 71.5 Å². The van der Waals surface area contributed by atoms with Crippen LogP contribution in [0.2, 0.25) is 0 Å². The van der Waals surface area contributed by atoms with Crippen molar-refractivity contribution in [2.24, 2.45) is 0 Å². The van der Waals surface area contributed by atoms with E-state index in [1.165, 1.54) is 0 Å². The lowest BCUT2D eigenvalue weighted by atomic mass is 10.3. The van der Waals surface area contributed by atoms with E-state index in [1.807, 2.05) is 0 Å². The third-order valence-corrected chi connectivity index (χ3v) is 6.23. The monoisotopic (exact) mass is 319 g/mol. The second kappa shape index (κ2) is 3.31. The molecule has 0 aliphatic carbocycles. The SMILES string of the molecule is C=CN1S(=O)(=O)C(F)(F)C(F)(F)C(F)(F)S1(=O)=O. The predicted octanol–water partition coefficient (Wildman–Crippen LogP) is 0.926. The van der Waals surface area contributed by atoms with Crippen LogP contribution in [-0.2, 0) is 20.0 Å². The third-order valence-electron chi connectivity index (χ3n) is 2.00. The summed E-state index contributed by atoms with van der Waals surface area (Å²) in [7, 11) is -13.1. The number of hydrogen-bond acceptors (Lipinski definition) is 4. The maximum atomic E-state index is 12.9. The van der Waals surface area contributed by atoms with Gasteiger partial charge in [0.15, 0.2) is 0 Å². The largest absolute Gasteiger partial charge is 0.434 e. The van der Waals surface area contributed by atoms with E-state index in [9.17, 15) is 43.2 Å². The van der Waals surface area contributed by atoms with Gasteiger partial charge in [0, 0.05) is 6.20 Å². The van der Waals surface area contributed by atoms with E-state index in [2.05, 4.69) is 6.58 Å². The molecule has 0 saturated carbocycles. The molecule has 0 N–H and O–H groups in total. The maximum absolute atomic E-state index is 12.9. The summed E-state index contributed by atoms with van der Waals surface area (Å²) in [5.74, 6) is -6.61. The van der Waals surface area contributed by atoms with Crippen LogP contribution in [-0.4, -0.2) is 37.0 Å². The van der Waals surface area contributed by atoms with Crippen molar-refractivity contribution >= 4 is 20.0 Å². The second-order valence-electron chi connectivity index (χ2n) is 3.03. The Hall–Kier alpha value is -0.980. The van der Waals surface area contributed by atoms with Crippen molar-refractivity contribution in [2.75, 3.05) is 0 Å². The molecule has 0 bridgehead atoms. The Labute approximate surface area is 96.8 Å². The quantitative estimate of drug-likeness (QED) is 0.674. The van der Waals surface area contributed by atoms with Gasteiger partial charge < -0.3 is 0 Å². The van der Waals surface area contributed by atoms with Crippen molar-refractivity contribution in [1.29, 1.82) is 0 Å². The highest BCUT2D eigenvalue weighted by Gasteiger charge is 2.88. The van der Waals surface area contributed by atoms with Crippen LogP contribution in [0.4, 0.5) is 26.3 Å². The lowest BCUT2D eigenvalue weighted by Crippen LogP contribution is -2.70. The maximum Gasteiger partial charge on any atom is 0.434 e. The van der Waals surface area contributed by atoms with Crippen LogP contribution >= 0.6 is 0 Å². The molecule has 0 aromatic heterocycles. The molecular weight excluding hydrogens is 316 g/mol. The Morgan fingerprint density at radius 1 is 0.833 bits per heavy atom. The van der Waals surface area contributed by atoms with Crippen LogP contribution in [0.1, 0.15) is 0 Å². The van der Waals surface area contributed by atoms with Gasteiger partial charge >= 0.3 is 36.5 Å². The van der Waals surface area contributed by atoms with Crippen LogP contribution in [0.15, 0.2) is 12.8 Å². The summed E-state index contributed by atoms with van der Waals surface area (Å²) in [5.41, 5.74) is 0. The summed E-state index contributed by atoms with van der Waals surface area (Å²) < 4.78 is 119. The molecule has 1 heterocycles. The molecule has 106 valence electrons. The first-order valence-electron chi connectivity index (χ1n) is 3.74. The molecule has 0 radical (unpaired) electrons. The normalized spacial score (nSPS) is 30.7. The summed E-state index contributed by atoms with van der Waals surface area (Å²) in [6, 6.07) is 0. The van der Waals surface area contributed by atoms with Crippen molar-refractivity contribution in [3.63, 3.8) is 0 Å². The van der Waals surface area contributed by atoms with E-state index in [0.717, 1.165) is 0 Å². The van der Waals surface area contributed by atoms with Crippen LogP contribution in [0.25, 0.3) is 0 Å². The first-order chi connectivity index (χ1) is 7.69. The Morgan fingerprint density at radius 2 is 1.11 bits per heavy atom. The average molecular weight is 319 g/mol. The second-order valence-corrected chi connectivity index (χ2v) is 6.97. The van der Waals surface area contributed by atoms with Crippen molar-refractivity contribution in [3.8, 4) is 0 Å². The van der Waals surface area contributed by atoms with Crippen molar-refractivity contribution in [3.05, 3.63) is 12.8 Å². The molecule has 0 unspecified atom stereocenters. The molecule has 1 fully saturated rings. The van der Waals surface area contributed by atoms with Gasteiger partial charge in [-0.25, -0.2) is 0 Å². The molecule has 0 amide bonds. The van der Waals surface area contributed by atoms with E-state index in [1.54, 1.807) is 0 Å². The lowest BCUT2D eigenvalue weighted by molar-refractivity contribution is -0.248. The molecule has 18 heavy (non-hydrogen) atoms. The molecule has 5 nitrogen and oxygen atoms in total. The van der Waals surface area contributed by atoms with Crippen LogP contribution in [0.3, 0.4) is 0 Å². The molecular formula is C5H3F6NO4S2. The fraction of sp³-hybridized carbons (Fsp3) is 0.600. The summed E-state index contributed by atoms with van der Waals surface area (Å²) in [6.45, 7) is 2.41. The number of nitrogens with zero attached hydrogens (tertiary/aromatic N) is 1. The van der Waals surface area contributed by atoms with Crippen molar-refractivity contribution in [2.45, 2.75) is 16.4 Å². The first kappa shape index (κ1) is 15.1. The van der Waals surface area contributed by atoms with E-state index in [-0.39, 0.29) is 0 Å². The summed E-state index contributed by atoms with van der Waals surface area (Å²) in [5, 5.41) is -12.6. The van der Waals surface area contributed by atoms with Gasteiger partial charge in [0.1, 0.15) is 0 Å². The first-order valence-corrected chi connectivity index (χ1v) is 6.62. The van der Waals surface area contributed by atoms with Gasteiger partial charge in [-0.2, -0.15) is 46.9 Å². The molecule has 1 aliphatic heterocycles. The van der Waals surface area contributed by atoms with Crippen LogP contribution in [0, 0.1) is 0 Å². The number of halogens is 6. The highest BCUT2D eigenvalue weighted by molar-refractivity contribution is 8.06. The minimum atomic E-state index is -6.61. The molecule has 0 atom stereocenters. The van der Waals surface area contributed by atoms with E-state index in [4.69, 9.17) is 0 Å². The third kappa shape index (κ3) is 1.23. The molecule has 0 aromatic carbocycles. The number of sulfonamides is 2. The minimum Gasteiger partial charge on any atom is -0.199 e. The molecule has 1 aliphatic rings. The molecule has 1 rings (SSSR count). The van der Waals surface area contributed by atoms with Gasteiger partial charge in [-0.3, -0.25) is 0 Å². The smallest absolute Gasteiger partial charge is 0.199 e. The van der Waals surface area contributed by atoms with Crippen LogP contribution in [0.5, 0.6) is 0 Å². The Balaban J connectivity index is 3.88. The van der Waals surface area contributed by atoms with E-state index < -0.39 is 46.4 Å².